The second kappa shape index (κ2) is 13.8. The van der Waals surface area contributed by atoms with Crippen molar-refractivity contribution < 1.29 is 24.1 Å². The summed E-state index contributed by atoms with van der Waals surface area (Å²) in [6, 6.07) is 12.8. The molecule has 8 nitrogen and oxygen atoms in total. The van der Waals surface area contributed by atoms with Crippen molar-refractivity contribution in [1.82, 2.24) is 10.7 Å². The Morgan fingerprint density at radius 3 is 2.50 bits per heavy atom. The van der Waals surface area contributed by atoms with Gasteiger partial charge in [0.15, 0.2) is 0 Å². The van der Waals surface area contributed by atoms with Crippen LogP contribution in [0.25, 0.3) is 0 Å². The monoisotopic (exact) mass is 489 g/mol. The molecule has 9 heteroatoms. The van der Waals surface area contributed by atoms with Gasteiger partial charge in [-0.3, -0.25) is 4.79 Å². The molecule has 0 radical (unpaired) electrons. The summed E-state index contributed by atoms with van der Waals surface area (Å²) in [6.07, 6.45) is 2.18. The molecule has 1 atom stereocenters. The Bertz CT molecular complexity index is 952. The van der Waals surface area contributed by atoms with Crippen molar-refractivity contribution >= 4 is 23.2 Å². The number of ether oxygens (including phenoxy) is 3. The Balaban J connectivity index is 1.34. The summed E-state index contributed by atoms with van der Waals surface area (Å²) in [6.45, 7) is 4.67. The minimum absolute atomic E-state index is 0.0768. The predicted molar refractivity (Wildman–Crippen MR) is 132 cm³/mol. The molecule has 0 aliphatic carbocycles. The zero-order valence-electron chi connectivity index (χ0n) is 19.4. The van der Waals surface area contributed by atoms with E-state index in [1.807, 2.05) is 36.4 Å². The lowest BCUT2D eigenvalue weighted by Gasteiger charge is -2.14. The summed E-state index contributed by atoms with van der Waals surface area (Å²) < 4.78 is 17.1. The fraction of sp³-hybridized carbons (Fsp3) is 0.440. The smallest absolute Gasteiger partial charge is 0.240 e. The predicted octanol–water partition coefficient (Wildman–Crippen LogP) is 3.54. The number of aliphatic hydroxyl groups excluding tert-OH is 1. The van der Waals surface area contributed by atoms with Crippen LogP contribution in [-0.4, -0.2) is 55.7 Å². The minimum atomic E-state index is -0.545. The van der Waals surface area contributed by atoms with Crippen LogP contribution in [0.3, 0.4) is 0 Å². The maximum atomic E-state index is 11.2. The fourth-order valence-electron chi connectivity index (χ4n) is 3.24. The van der Waals surface area contributed by atoms with Crippen LogP contribution in [0.1, 0.15) is 38.2 Å². The summed E-state index contributed by atoms with van der Waals surface area (Å²) in [5.74, 6) is 1.94. The number of carbonyl (C=O) groups is 1. The van der Waals surface area contributed by atoms with E-state index in [4.69, 9.17) is 25.8 Å². The van der Waals surface area contributed by atoms with Crippen molar-refractivity contribution in [2.45, 2.75) is 38.7 Å². The van der Waals surface area contributed by atoms with Crippen LogP contribution in [0.2, 0.25) is 5.02 Å². The molecule has 0 bridgehead atoms. The SMILES string of the molecule is CCCNC[C@@H](O)COc1ccc(OCCCOc2ccc(C3=NNC(=O)CC3)cc2Cl)cc1. The van der Waals surface area contributed by atoms with Crippen molar-refractivity contribution in [2.24, 2.45) is 5.10 Å². The highest BCUT2D eigenvalue weighted by Gasteiger charge is 2.14. The molecular weight excluding hydrogens is 458 g/mol. The summed E-state index contributed by atoms with van der Waals surface area (Å²) in [5.41, 5.74) is 4.16. The largest absolute Gasteiger partial charge is 0.493 e. The van der Waals surface area contributed by atoms with Gasteiger partial charge in [-0.25, -0.2) is 5.43 Å². The fourth-order valence-corrected chi connectivity index (χ4v) is 3.47. The Kier molecular flexibility index (Phi) is 10.5. The van der Waals surface area contributed by atoms with Crippen LogP contribution in [0, 0.1) is 0 Å². The van der Waals surface area contributed by atoms with E-state index >= 15 is 0 Å². The topological polar surface area (TPSA) is 101 Å². The highest BCUT2D eigenvalue weighted by atomic mass is 35.5. The van der Waals surface area contributed by atoms with E-state index in [-0.39, 0.29) is 12.5 Å². The van der Waals surface area contributed by atoms with Crippen LogP contribution >= 0.6 is 11.6 Å². The molecule has 1 aliphatic heterocycles. The number of carbonyl (C=O) groups excluding carboxylic acids is 1. The molecule has 2 aromatic rings. The van der Waals surface area contributed by atoms with E-state index in [1.165, 1.54) is 0 Å². The lowest BCUT2D eigenvalue weighted by Crippen LogP contribution is -2.31. The first kappa shape index (κ1) is 25.8. The van der Waals surface area contributed by atoms with Gasteiger partial charge >= 0.3 is 0 Å². The molecule has 0 saturated carbocycles. The second-order valence-electron chi connectivity index (χ2n) is 7.93. The molecule has 3 rings (SSSR count). The minimum Gasteiger partial charge on any atom is -0.493 e. The third-order valence-electron chi connectivity index (χ3n) is 5.06. The van der Waals surface area contributed by atoms with E-state index < -0.39 is 6.10 Å². The summed E-state index contributed by atoms with van der Waals surface area (Å²) in [5, 5.41) is 17.6. The van der Waals surface area contributed by atoms with Crippen molar-refractivity contribution in [3.63, 3.8) is 0 Å². The Morgan fingerprint density at radius 1 is 1.09 bits per heavy atom. The van der Waals surface area contributed by atoms with Crippen molar-refractivity contribution in [3.8, 4) is 17.2 Å². The number of hydrazone groups is 1. The first-order chi connectivity index (χ1) is 16.5. The maximum absolute atomic E-state index is 11.2. The molecule has 1 heterocycles. The van der Waals surface area contributed by atoms with E-state index in [9.17, 15) is 9.90 Å². The van der Waals surface area contributed by atoms with Crippen LogP contribution < -0.4 is 25.0 Å². The van der Waals surface area contributed by atoms with Crippen LogP contribution in [0.5, 0.6) is 17.2 Å². The van der Waals surface area contributed by atoms with E-state index in [2.05, 4.69) is 22.8 Å². The average molecular weight is 490 g/mol. The number of aliphatic hydroxyl groups is 1. The van der Waals surface area contributed by atoms with E-state index in [1.54, 1.807) is 6.07 Å². The van der Waals surface area contributed by atoms with Gasteiger partial charge in [0.2, 0.25) is 5.91 Å². The third-order valence-corrected chi connectivity index (χ3v) is 5.35. The Morgan fingerprint density at radius 2 is 1.82 bits per heavy atom. The molecule has 0 aromatic heterocycles. The molecule has 3 N–H and O–H groups in total. The molecule has 1 amide bonds. The summed E-state index contributed by atoms with van der Waals surface area (Å²) in [7, 11) is 0. The zero-order valence-corrected chi connectivity index (χ0v) is 20.1. The summed E-state index contributed by atoms with van der Waals surface area (Å²) in [4.78, 5) is 11.2. The van der Waals surface area contributed by atoms with Crippen molar-refractivity contribution in [2.75, 3.05) is 32.9 Å². The molecule has 0 unspecified atom stereocenters. The number of benzene rings is 2. The van der Waals surface area contributed by atoms with Gasteiger partial charge in [-0.15, -0.1) is 0 Å². The number of rotatable bonds is 14. The van der Waals surface area contributed by atoms with Gasteiger partial charge in [-0.2, -0.15) is 5.10 Å². The number of nitrogens with zero attached hydrogens (tertiary/aromatic N) is 1. The van der Waals surface area contributed by atoms with Gasteiger partial charge in [-0.05, 0) is 61.0 Å². The number of nitrogens with one attached hydrogen (secondary N) is 2. The lowest BCUT2D eigenvalue weighted by molar-refractivity contribution is -0.121. The molecule has 184 valence electrons. The van der Waals surface area contributed by atoms with Crippen LogP contribution in [-0.2, 0) is 4.79 Å². The molecule has 0 fully saturated rings. The van der Waals surface area contributed by atoms with Gasteiger partial charge in [-0.1, -0.05) is 18.5 Å². The molecule has 1 aliphatic rings. The first-order valence-corrected chi connectivity index (χ1v) is 12.0. The third kappa shape index (κ3) is 8.52. The number of halogens is 1. The molecule has 0 spiro atoms. The highest BCUT2D eigenvalue weighted by Crippen LogP contribution is 2.27. The molecule has 34 heavy (non-hydrogen) atoms. The number of hydrogen-bond acceptors (Lipinski definition) is 7. The summed E-state index contributed by atoms with van der Waals surface area (Å²) >= 11 is 6.35. The van der Waals surface area contributed by atoms with E-state index in [0.29, 0.717) is 55.5 Å². The highest BCUT2D eigenvalue weighted by molar-refractivity contribution is 6.32. The van der Waals surface area contributed by atoms with Gasteiger partial charge in [0.1, 0.15) is 30.0 Å². The Labute approximate surface area is 205 Å². The Hall–Kier alpha value is -2.81. The van der Waals surface area contributed by atoms with Crippen molar-refractivity contribution in [1.29, 1.82) is 0 Å². The second-order valence-corrected chi connectivity index (χ2v) is 8.34. The molecular formula is C25H32ClN3O5. The van der Waals surface area contributed by atoms with Crippen molar-refractivity contribution in [3.05, 3.63) is 53.1 Å². The normalized spacial score (nSPS) is 14.2. The van der Waals surface area contributed by atoms with E-state index in [0.717, 1.165) is 30.0 Å². The van der Waals surface area contributed by atoms with Gasteiger partial charge in [0.05, 0.1) is 23.9 Å². The van der Waals surface area contributed by atoms with Gasteiger partial charge in [0.25, 0.3) is 0 Å². The first-order valence-electron chi connectivity index (χ1n) is 11.6. The van der Waals surface area contributed by atoms with Gasteiger partial charge in [0, 0.05) is 25.8 Å². The number of hydrogen-bond donors (Lipinski definition) is 3. The lowest BCUT2D eigenvalue weighted by atomic mass is 10.0. The number of amides is 1. The average Bonchev–Trinajstić information content (AvgIpc) is 2.85. The zero-order chi connectivity index (χ0) is 24.2. The molecule has 2 aromatic carbocycles. The van der Waals surface area contributed by atoms with Crippen LogP contribution in [0.4, 0.5) is 0 Å². The van der Waals surface area contributed by atoms with Gasteiger partial charge < -0.3 is 24.6 Å². The van der Waals surface area contributed by atoms with Crippen LogP contribution in [0.15, 0.2) is 47.6 Å². The standard InChI is InChI=1S/C25H32ClN3O5/c1-2-12-27-16-19(30)17-34-21-7-5-20(6-8-21)32-13-3-14-33-24-10-4-18(15-22(24)26)23-9-11-25(31)29-28-23/h4-8,10,15,19,27,30H,2-3,9,11-14,16-17H2,1H3,(H,29,31)/t19-/m1/s1. The quantitative estimate of drug-likeness (QED) is 0.351. The molecule has 0 saturated heterocycles. The maximum Gasteiger partial charge on any atom is 0.240 e.